The van der Waals surface area contributed by atoms with E-state index in [1.54, 1.807) is 12.1 Å². The van der Waals surface area contributed by atoms with Crippen LogP contribution < -0.4 is 10.9 Å². The Labute approximate surface area is 132 Å². The number of amides is 2. The summed E-state index contributed by atoms with van der Waals surface area (Å²) in [5.74, 6) is -1.09. The number of nitrogens with zero attached hydrogens (tertiary/aromatic N) is 1. The molecule has 0 saturated heterocycles. The Morgan fingerprint density at radius 1 is 1.00 bits per heavy atom. The average Bonchev–Trinajstić information content (AvgIpc) is 2.55. The molecule has 0 saturated carbocycles. The van der Waals surface area contributed by atoms with Gasteiger partial charge in [-0.1, -0.05) is 18.2 Å². The summed E-state index contributed by atoms with van der Waals surface area (Å²) in [5, 5.41) is 10.7. The number of benzene rings is 2. The highest BCUT2D eigenvalue weighted by Gasteiger charge is 2.14. The van der Waals surface area contributed by atoms with Crippen LogP contribution in [0.4, 0.5) is 5.69 Å². The molecule has 0 heterocycles. The van der Waals surface area contributed by atoms with Gasteiger partial charge in [0.1, 0.15) is 0 Å². The van der Waals surface area contributed by atoms with Gasteiger partial charge in [-0.15, -0.1) is 0 Å². The Morgan fingerprint density at radius 2 is 1.65 bits per heavy atom. The largest absolute Gasteiger partial charge is 0.270 e. The van der Waals surface area contributed by atoms with E-state index in [1.165, 1.54) is 18.2 Å². The average molecular weight is 313 g/mol. The second kappa shape index (κ2) is 6.69. The summed E-state index contributed by atoms with van der Waals surface area (Å²) in [6.45, 7) is 3.69. The highest BCUT2D eigenvalue weighted by atomic mass is 16.6. The number of hydrogen-bond acceptors (Lipinski definition) is 4. The quantitative estimate of drug-likeness (QED) is 0.670. The maximum atomic E-state index is 12.1. The second-order valence-corrected chi connectivity index (χ2v) is 4.96. The molecule has 0 atom stereocenters. The highest BCUT2D eigenvalue weighted by molar-refractivity contribution is 6.00. The zero-order valence-electron chi connectivity index (χ0n) is 12.6. The highest BCUT2D eigenvalue weighted by Crippen LogP contribution is 2.13. The van der Waals surface area contributed by atoms with Gasteiger partial charge in [0.15, 0.2) is 0 Å². The standard InChI is InChI=1S/C16H15N3O4/c1-10-5-3-8-14(11(10)2)16(21)18-17-15(20)12-6-4-7-13(9-12)19(22)23/h3-9H,1-2H3,(H,17,20)(H,18,21). The second-order valence-electron chi connectivity index (χ2n) is 4.96. The minimum absolute atomic E-state index is 0.0838. The molecule has 0 spiro atoms. The predicted molar refractivity (Wildman–Crippen MR) is 83.9 cm³/mol. The Bertz CT molecular complexity index is 787. The van der Waals surface area contributed by atoms with Crippen LogP contribution in [-0.4, -0.2) is 16.7 Å². The van der Waals surface area contributed by atoms with E-state index in [2.05, 4.69) is 10.9 Å². The fraction of sp³-hybridized carbons (Fsp3) is 0.125. The van der Waals surface area contributed by atoms with Crippen LogP contribution in [0.2, 0.25) is 0 Å². The van der Waals surface area contributed by atoms with Crippen LogP contribution in [0, 0.1) is 24.0 Å². The van der Waals surface area contributed by atoms with Gasteiger partial charge in [0.05, 0.1) is 4.92 Å². The summed E-state index contributed by atoms with van der Waals surface area (Å²) in [6.07, 6.45) is 0. The number of carbonyl (C=O) groups excluding carboxylic acids is 2. The molecule has 2 amide bonds. The van der Waals surface area contributed by atoms with Crippen LogP contribution in [0.5, 0.6) is 0 Å². The first-order valence-corrected chi connectivity index (χ1v) is 6.81. The maximum Gasteiger partial charge on any atom is 0.270 e. The third-order valence-electron chi connectivity index (χ3n) is 3.46. The topological polar surface area (TPSA) is 101 Å². The van der Waals surface area contributed by atoms with E-state index in [-0.39, 0.29) is 11.3 Å². The number of nitrogens with one attached hydrogen (secondary N) is 2. The van der Waals surface area contributed by atoms with Gasteiger partial charge in [0.25, 0.3) is 17.5 Å². The molecule has 2 N–H and O–H groups in total. The zero-order valence-corrected chi connectivity index (χ0v) is 12.6. The van der Waals surface area contributed by atoms with Crippen molar-refractivity contribution in [1.82, 2.24) is 10.9 Å². The predicted octanol–water partition coefficient (Wildman–Crippen LogP) is 2.29. The molecular weight excluding hydrogens is 298 g/mol. The number of hydrogen-bond donors (Lipinski definition) is 2. The van der Waals surface area contributed by atoms with Crippen molar-refractivity contribution < 1.29 is 14.5 Å². The van der Waals surface area contributed by atoms with Gasteiger partial charge in [-0.25, -0.2) is 0 Å². The molecule has 0 unspecified atom stereocenters. The Balaban J connectivity index is 2.07. The Morgan fingerprint density at radius 3 is 2.35 bits per heavy atom. The van der Waals surface area contributed by atoms with Gasteiger partial charge < -0.3 is 0 Å². The molecule has 0 fully saturated rings. The zero-order chi connectivity index (χ0) is 17.0. The summed E-state index contributed by atoms with van der Waals surface area (Å²) in [6, 6.07) is 10.5. The molecule has 118 valence electrons. The van der Waals surface area contributed by atoms with Crippen molar-refractivity contribution in [1.29, 1.82) is 0 Å². The van der Waals surface area contributed by atoms with Crippen molar-refractivity contribution in [3.8, 4) is 0 Å². The molecule has 2 aromatic carbocycles. The summed E-state index contributed by atoms with van der Waals surface area (Å²) < 4.78 is 0. The first-order chi connectivity index (χ1) is 10.9. The van der Waals surface area contributed by atoms with E-state index in [1.807, 2.05) is 19.9 Å². The fourth-order valence-corrected chi connectivity index (χ4v) is 2.01. The van der Waals surface area contributed by atoms with Crippen molar-refractivity contribution in [3.05, 3.63) is 74.8 Å². The number of aryl methyl sites for hydroxylation is 1. The van der Waals surface area contributed by atoms with Crippen LogP contribution >= 0.6 is 0 Å². The van der Waals surface area contributed by atoms with Crippen LogP contribution in [0.25, 0.3) is 0 Å². The normalized spacial score (nSPS) is 10.0. The van der Waals surface area contributed by atoms with Crippen molar-refractivity contribution >= 4 is 17.5 Å². The molecule has 0 aromatic heterocycles. The minimum atomic E-state index is -0.632. The lowest BCUT2D eigenvalue weighted by molar-refractivity contribution is -0.384. The van der Waals surface area contributed by atoms with Crippen molar-refractivity contribution in [2.75, 3.05) is 0 Å². The van der Waals surface area contributed by atoms with Crippen molar-refractivity contribution in [2.24, 2.45) is 0 Å². The van der Waals surface area contributed by atoms with Gasteiger partial charge in [-0.05, 0) is 37.1 Å². The molecule has 0 aliphatic heterocycles. The lowest BCUT2D eigenvalue weighted by Crippen LogP contribution is -2.41. The van der Waals surface area contributed by atoms with E-state index < -0.39 is 16.7 Å². The first-order valence-electron chi connectivity index (χ1n) is 6.81. The van der Waals surface area contributed by atoms with Gasteiger partial charge in [-0.2, -0.15) is 0 Å². The smallest absolute Gasteiger partial charge is 0.267 e. The monoisotopic (exact) mass is 313 g/mol. The Kier molecular flexibility index (Phi) is 4.70. The molecule has 2 aromatic rings. The molecule has 0 aliphatic carbocycles. The number of carbonyl (C=O) groups is 2. The van der Waals surface area contributed by atoms with Crippen LogP contribution in [0.3, 0.4) is 0 Å². The third kappa shape index (κ3) is 3.70. The molecule has 0 aliphatic rings. The van der Waals surface area contributed by atoms with E-state index >= 15 is 0 Å². The first kappa shape index (κ1) is 16.2. The third-order valence-corrected chi connectivity index (χ3v) is 3.46. The van der Waals surface area contributed by atoms with E-state index in [0.29, 0.717) is 5.56 Å². The van der Waals surface area contributed by atoms with Crippen LogP contribution in [0.15, 0.2) is 42.5 Å². The van der Waals surface area contributed by atoms with E-state index in [9.17, 15) is 19.7 Å². The summed E-state index contributed by atoms with van der Waals surface area (Å²) >= 11 is 0. The van der Waals surface area contributed by atoms with Gasteiger partial charge in [0.2, 0.25) is 0 Å². The van der Waals surface area contributed by atoms with Crippen LogP contribution in [-0.2, 0) is 0 Å². The van der Waals surface area contributed by atoms with Crippen LogP contribution in [0.1, 0.15) is 31.8 Å². The number of non-ortho nitro benzene ring substituents is 1. The van der Waals surface area contributed by atoms with Gasteiger partial charge in [-0.3, -0.25) is 30.6 Å². The molecule has 23 heavy (non-hydrogen) atoms. The van der Waals surface area contributed by atoms with Crippen molar-refractivity contribution in [3.63, 3.8) is 0 Å². The SMILES string of the molecule is Cc1cccc(C(=O)NNC(=O)c2cccc([N+](=O)[O-])c2)c1C. The van der Waals surface area contributed by atoms with Gasteiger partial charge >= 0.3 is 0 Å². The van der Waals surface area contributed by atoms with Crippen molar-refractivity contribution in [2.45, 2.75) is 13.8 Å². The summed E-state index contributed by atoms with van der Waals surface area (Å²) in [5.41, 5.74) is 6.67. The molecule has 0 radical (unpaired) electrons. The molecule has 7 nitrogen and oxygen atoms in total. The molecular formula is C16H15N3O4. The number of nitro groups is 1. The Hall–Kier alpha value is -3.22. The van der Waals surface area contributed by atoms with E-state index in [0.717, 1.165) is 17.2 Å². The number of nitro benzene ring substituents is 1. The fourth-order valence-electron chi connectivity index (χ4n) is 2.01. The summed E-state index contributed by atoms with van der Waals surface area (Å²) in [7, 11) is 0. The van der Waals surface area contributed by atoms with Gasteiger partial charge in [0, 0.05) is 23.3 Å². The molecule has 2 rings (SSSR count). The molecule has 0 bridgehead atoms. The maximum absolute atomic E-state index is 12.1. The van der Waals surface area contributed by atoms with E-state index in [4.69, 9.17) is 0 Å². The number of hydrazine groups is 1. The minimum Gasteiger partial charge on any atom is -0.267 e. The molecule has 7 heteroatoms. The lowest BCUT2D eigenvalue weighted by Gasteiger charge is -2.10. The number of rotatable bonds is 3. The lowest BCUT2D eigenvalue weighted by atomic mass is 10.0. The summed E-state index contributed by atoms with van der Waals surface area (Å²) in [4.78, 5) is 34.2.